The van der Waals surface area contributed by atoms with Gasteiger partial charge in [0.05, 0.1) is 10.7 Å². The lowest BCUT2D eigenvalue weighted by Crippen LogP contribution is -1.91. The van der Waals surface area contributed by atoms with Crippen LogP contribution >= 0.6 is 22.7 Å². The molecule has 0 spiro atoms. The van der Waals surface area contributed by atoms with Gasteiger partial charge in [-0.3, -0.25) is 0 Å². The number of hydrogen-bond donors (Lipinski definition) is 0. The van der Waals surface area contributed by atoms with Crippen molar-refractivity contribution < 1.29 is 0 Å². The topological polar surface area (TPSA) is 12.9 Å². The average Bonchev–Trinajstić information content (AvgIpc) is 2.98. The Labute approximate surface area is 128 Å². The Morgan fingerprint density at radius 2 is 2.00 bits per heavy atom. The molecule has 0 amide bonds. The first-order valence-corrected chi connectivity index (χ1v) is 8.79. The van der Waals surface area contributed by atoms with E-state index in [0.717, 1.165) is 19.3 Å². The maximum absolute atomic E-state index is 4.51. The molecule has 0 fully saturated rings. The number of thiazole rings is 1. The van der Waals surface area contributed by atoms with Gasteiger partial charge in [-0.15, -0.1) is 22.7 Å². The van der Waals surface area contributed by atoms with Gasteiger partial charge in [-0.25, -0.2) is 4.98 Å². The summed E-state index contributed by atoms with van der Waals surface area (Å²) in [6.07, 6.45) is 3.34. The summed E-state index contributed by atoms with van der Waals surface area (Å²) in [4.78, 5) is 5.94. The van der Waals surface area contributed by atoms with Crippen LogP contribution in [0.5, 0.6) is 0 Å². The molecule has 0 saturated heterocycles. The first kappa shape index (κ1) is 13.8. The van der Waals surface area contributed by atoms with Crippen molar-refractivity contribution in [1.29, 1.82) is 0 Å². The third kappa shape index (κ3) is 2.65. The zero-order valence-corrected chi connectivity index (χ0v) is 13.8. The van der Waals surface area contributed by atoms with E-state index in [9.17, 15) is 0 Å². The fourth-order valence-corrected chi connectivity index (χ4v) is 4.67. The number of thiophene rings is 1. The van der Waals surface area contributed by atoms with Gasteiger partial charge in [0.2, 0.25) is 0 Å². The second-order valence-corrected chi connectivity index (χ2v) is 7.39. The molecule has 3 heteroatoms. The quantitative estimate of drug-likeness (QED) is 0.635. The Hall–Kier alpha value is -1.19. The molecule has 0 aliphatic rings. The van der Waals surface area contributed by atoms with Crippen LogP contribution in [0.15, 0.2) is 23.6 Å². The van der Waals surface area contributed by atoms with Crippen LogP contribution in [0, 0.1) is 13.8 Å². The fraction of sp³-hybridized carbons (Fsp3) is 0.353. The molecule has 0 atom stereocenters. The van der Waals surface area contributed by atoms with Gasteiger partial charge >= 0.3 is 0 Å². The van der Waals surface area contributed by atoms with Crippen molar-refractivity contribution >= 4 is 32.8 Å². The Kier molecular flexibility index (Phi) is 3.90. The van der Waals surface area contributed by atoms with E-state index < -0.39 is 0 Å². The Morgan fingerprint density at radius 3 is 2.70 bits per heavy atom. The van der Waals surface area contributed by atoms with E-state index in [1.807, 2.05) is 22.7 Å². The van der Waals surface area contributed by atoms with E-state index in [2.05, 4.69) is 49.3 Å². The highest BCUT2D eigenvalue weighted by molar-refractivity contribution is 7.17. The summed E-state index contributed by atoms with van der Waals surface area (Å²) in [6, 6.07) is 6.95. The van der Waals surface area contributed by atoms with E-state index in [1.54, 1.807) is 0 Å². The summed E-state index contributed by atoms with van der Waals surface area (Å²) in [5.41, 5.74) is 4.12. The lowest BCUT2D eigenvalue weighted by Gasteiger charge is -2.02. The highest BCUT2D eigenvalue weighted by Gasteiger charge is 2.07. The minimum atomic E-state index is 1.11. The van der Waals surface area contributed by atoms with Gasteiger partial charge < -0.3 is 0 Å². The van der Waals surface area contributed by atoms with Crippen molar-refractivity contribution in [3.63, 3.8) is 0 Å². The van der Waals surface area contributed by atoms with Crippen LogP contribution in [-0.2, 0) is 19.3 Å². The number of fused-ring (bicyclic) bond motifs is 1. The van der Waals surface area contributed by atoms with Gasteiger partial charge in [-0.2, -0.15) is 0 Å². The number of aromatic nitrogens is 1. The summed E-state index contributed by atoms with van der Waals surface area (Å²) in [6.45, 7) is 6.43. The second-order valence-electron chi connectivity index (χ2n) is 5.19. The lowest BCUT2D eigenvalue weighted by molar-refractivity contribution is 0.963. The molecule has 0 aliphatic carbocycles. The van der Waals surface area contributed by atoms with E-state index in [4.69, 9.17) is 0 Å². The molecule has 0 unspecified atom stereocenters. The van der Waals surface area contributed by atoms with Crippen LogP contribution in [0.1, 0.15) is 33.6 Å². The maximum Gasteiger partial charge on any atom is 0.0900 e. The standard InChI is InChI=1S/C17H19NS2/c1-4-14-10-19-17-9-13(5-7-15(14)17)6-8-16-11(2)18-12(3)20-16/h5,7,9-10H,4,6,8H2,1-3H3. The largest absolute Gasteiger partial charge is 0.247 e. The molecule has 2 aromatic heterocycles. The molecule has 2 heterocycles. The molecule has 3 aromatic rings. The predicted octanol–water partition coefficient (Wildman–Crippen LogP) is 5.32. The van der Waals surface area contributed by atoms with Crippen LogP contribution in [0.4, 0.5) is 0 Å². The number of nitrogens with zero attached hydrogens (tertiary/aromatic N) is 1. The Balaban J connectivity index is 1.79. The first-order valence-electron chi connectivity index (χ1n) is 7.09. The van der Waals surface area contributed by atoms with Crippen LogP contribution in [0.25, 0.3) is 10.1 Å². The lowest BCUT2D eigenvalue weighted by atomic mass is 10.1. The van der Waals surface area contributed by atoms with Gasteiger partial charge in [0.1, 0.15) is 0 Å². The molecule has 0 bridgehead atoms. The maximum atomic E-state index is 4.51. The molecule has 0 saturated carbocycles. The molecule has 0 radical (unpaired) electrons. The molecular weight excluding hydrogens is 282 g/mol. The summed E-state index contributed by atoms with van der Waals surface area (Å²) in [7, 11) is 0. The molecular formula is C17H19NS2. The van der Waals surface area contributed by atoms with Crippen molar-refractivity contribution in [2.24, 2.45) is 0 Å². The minimum Gasteiger partial charge on any atom is -0.247 e. The molecule has 1 nitrogen and oxygen atoms in total. The number of benzene rings is 1. The van der Waals surface area contributed by atoms with Gasteiger partial charge in [0, 0.05) is 9.58 Å². The van der Waals surface area contributed by atoms with Crippen molar-refractivity contribution in [2.75, 3.05) is 0 Å². The first-order chi connectivity index (χ1) is 9.67. The molecule has 0 aliphatic heterocycles. The zero-order chi connectivity index (χ0) is 14.1. The Morgan fingerprint density at radius 1 is 1.15 bits per heavy atom. The predicted molar refractivity (Wildman–Crippen MR) is 90.2 cm³/mol. The number of hydrogen-bond acceptors (Lipinski definition) is 3. The van der Waals surface area contributed by atoms with Gasteiger partial charge in [-0.05, 0) is 61.1 Å². The second kappa shape index (κ2) is 5.66. The summed E-state index contributed by atoms with van der Waals surface area (Å²) < 4.78 is 1.43. The van der Waals surface area contributed by atoms with Crippen molar-refractivity contribution in [2.45, 2.75) is 40.0 Å². The van der Waals surface area contributed by atoms with E-state index >= 15 is 0 Å². The SMILES string of the molecule is CCc1csc2cc(CCc3sc(C)nc3C)ccc12. The Bertz CT molecular complexity index is 737. The summed E-state index contributed by atoms with van der Waals surface area (Å²) in [5, 5.41) is 4.91. The normalized spacial score (nSPS) is 11.3. The van der Waals surface area contributed by atoms with E-state index in [0.29, 0.717) is 0 Å². The third-order valence-corrected chi connectivity index (χ3v) is 5.87. The summed E-state index contributed by atoms with van der Waals surface area (Å²) in [5.74, 6) is 0. The van der Waals surface area contributed by atoms with Crippen LogP contribution in [0.3, 0.4) is 0 Å². The fourth-order valence-electron chi connectivity index (χ4n) is 2.62. The van der Waals surface area contributed by atoms with E-state index in [-0.39, 0.29) is 0 Å². The molecule has 3 rings (SSSR count). The molecule has 1 aromatic carbocycles. The monoisotopic (exact) mass is 301 g/mol. The van der Waals surface area contributed by atoms with Crippen LogP contribution in [-0.4, -0.2) is 4.98 Å². The van der Waals surface area contributed by atoms with E-state index in [1.165, 1.54) is 36.8 Å². The van der Waals surface area contributed by atoms with Gasteiger partial charge in [-0.1, -0.05) is 19.1 Å². The summed E-state index contributed by atoms with van der Waals surface area (Å²) >= 11 is 3.71. The van der Waals surface area contributed by atoms with Crippen molar-refractivity contribution in [3.05, 3.63) is 50.3 Å². The molecule has 20 heavy (non-hydrogen) atoms. The average molecular weight is 301 g/mol. The minimum absolute atomic E-state index is 1.11. The van der Waals surface area contributed by atoms with Crippen LogP contribution in [0.2, 0.25) is 0 Å². The molecule has 0 N–H and O–H groups in total. The van der Waals surface area contributed by atoms with Crippen molar-refractivity contribution in [1.82, 2.24) is 4.98 Å². The van der Waals surface area contributed by atoms with Gasteiger partial charge in [0.25, 0.3) is 0 Å². The third-order valence-electron chi connectivity index (χ3n) is 3.74. The number of rotatable bonds is 4. The highest BCUT2D eigenvalue weighted by Crippen LogP contribution is 2.28. The van der Waals surface area contributed by atoms with Crippen LogP contribution < -0.4 is 0 Å². The van der Waals surface area contributed by atoms with Crippen molar-refractivity contribution in [3.8, 4) is 0 Å². The smallest absolute Gasteiger partial charge is 0.0900 e. The van der Waals surface area contributed by atoms with Gasteiger partial charge in [0.15, 0.2) is 0 Å². The molecule has 104 valence electrons. The number of aryl methyl sites for hydroxylation is 5. The zero-order valence-electron chi connectivity index (χ0n) is 12.2. The highest BCUT2D eigenvalue weighted by atomic mass is 32.1.